The summed E-state index contributed by atoms with van der Waals surface area (Å²) < 4.78 is 2.28. The molecule has 2 saturated carbocycles. The van der Waals surface area contributed by atoms with Gasteiger partial charge in [0.25, 0.3) is 0 Å². The van der Waals surface area contributed by atoms with Gasteiger partial charge in [0.1, 0.15) is 0 Å². The number of hydrogen-bond acceptors (Lipinski definition) is 2. The maximum Gasteiger partial charge on any atom is 0.0956 e. The standard InChI is InChI=1S/C16H16N2O/c19-13-7-16(5-6-16)14(13)15-11-4-2-1-3-10(11)12-8-17-9-18(12)15/h1-4,8-9,13-15,19H,5-7H2/t13-,14+,15?/m1/s1. The Bertz CT molecular complexity index is 671. The number of aromatic nitrogens is 2. The Morgan fingerprint density at radius 1 is 1.26 bits per heavy atom. The summed E-state index contributed by atoms with van der Waals surface area (Å²) in [6.07, 6.45) is 7.31. The third-order valence-electron chi connectivity index (χ3n) is 5.49. The van der Waals surface area contributed by atoms with Crippen LogP contribution in [0.3, 0.4) is 0 Å². The molecule has 2 aromatic rings. The Labute approximate surface area is 111 Å². The normalized spacial score (nSPS) is 32.8. The van der Waals surface area contributed by atoms with Crippen LogP contribution in [0, 0.1) is 11.3 Å². The molecule has 1 unspecified atom stereocenters. The van der Waals surface area contributed by atoms with Gasteiger partial charge in [-0.1, -0.05) is 24.3 Å². The predicted molar refractivity (Wildman–Crippen MR) is 71.6 cm³/mol. The number of hydrogen-bond donors (Lipinski definition) is 1. The summed E-state index contributed by atoms with van der Waals surface area (Å²) in [5.41, 5.74) is 4.30. The minimum atomic E-state index is -0.145. The maximum atomic E-state index is 10.3. The highest BCUT2D eigenvalue weighted by molar-refractivity contribution is 5.69. The van der Waals surface area contributed by atoms with E-state index >= 15 is 0 Å². The molecule has 19 heavy (non-hydrogen) atoms. The van der Waals surface area contributed by atoms with Gasteiger partial charge in [-0.05, 0) is 30.2 Å². The summed E-state index contributed by atoms with van der Waals surface area (Å²) in [6, 6.07) is 8.88. The molecule has 5 rings (SSSR count). The van der Waals surface area contributed by atoms with Gasteiger partial charge in [0, 0.05) is 11.5 Å². The fourth-order valence-corrected chi connectivity index (χ4v) is 4.41. The van der Waals surface area contributed by atoms with E-state index in [0.29, 0.717) is 17.4 Å². The molecule has 0 bridgehead atoms. The van der Waals surface area contributed by atoms with Crippen molar-refractivity contribution in [2.45, 2.75) is 31.4 Å². The summed E-state index contributed by atoms with van der Waals surface area (Å²) in [6.45, 7) is 0. The van der Waals surface area contributed by atoms with Gasteiger partial charge >= 0.3 is 0 Å². The highest BCUT2D eigenvalue weighted by atomic mass is 16.3. The Balaban J connectivity index is 1.71. The molecule has 96 valence electrons. The largest absolute Gasteiger partial charge is 0.393 e. The maximum absolute atomic E-state index is 10.3. The van der Waals surface area contributed by atoms with Crippen molar-refractivity contribution in [1.82, 2.24) is 9.55 Å². The van der Waals surface area contributed by atoms with Crippen LogP contribution in [-0.2, 0) is 0 Å². The average molecular weight is 252 g/mol. The van der Waals surface area contributed by atoms with Gasteiger partial charge in [0.2, 0.25) is 0 Å². The second kappa shape index (κ2) is 3.10. The zero-order chi connectivity index (χ0) is 12.6. The lowest BCUT2D eigenvalue weighted by Crippen LogP contribution is -2.47. The quantitative estimate of drug-likeness (QED) is 0.847. The summed E-state index contributed by atoms with van der Waals surface area (Å²) in [7, 11) is 0. The van der Waals surface area contributed by atoms with Crippen molar-refractivity contribution in [3.8, 4) is 11.3 Å². The third-order valence-corrected chi connectivity index (χ3v) is 5.49. The van der Waals surface area contributed by atoms with Gasteiger partial charge in [0.15, 0.2) is 0 Å². The fourth-order valence-electron chi connectivity index (χ4n) is 4.41. The molecule has 1 N–H and O–H groups in total. The molecule has 3 heteroatoms. The van der Waals surface area contributed by atoms with Crippen LogP contribution < -0.4 is 0 Å². The zero-order valence-electron chi connectivity index (χ0n) is 10.7. The molecular weight excluding hydrogens is 236 g/mol. The van der Waals surface area contributed by atoms with Crippen LogP contribution in [0.1, 0.15) is 30.9 Å². The predicted octanol–water partition coefficient (Wildman–Crippen LogP) is 2.61. The molecule has 0 saturated heterocycles. The van der Waals surface area contributed by atoms with Gasteiger partial charge in [-0.2, -0.15) is 0 Å². The first kappa shape index (κ1) is 10.2. The number of nitrogens with zero attached hydrogens (tertiary/aromatic N) is 2. The fraction of sp³-hybridized carbons (Fsp3) is 0.438. The minimum absolute atomic E-state index is 0.145. The molecule has 3 atom stereocenters. The number of imidazole rings is 1. The number of aliphatic hydroxyl groups excluding tert-OH is 1. The monoisotopic (exact) mass is 252 g/mol. The van der Waals surface area contributed by atoms with Crippen molar-refractivity contribution in [3.05, 3.63) is 42.4 Å². The van der Waals surface area contributed by atoms with Crippen molar-refractivity contribution in [2.75, 3.05) is 0 Å². The minimum Gasteiger partial charge on any atom is -0.393 e. The van der Waals surface area contributed by atoms with Crippen LogP contribution >= 0.6 is 0 Å². The van der Waals surface area contributed by atoms with E-state index < -0.39 is 0 Å². The van der Waals surface area contributed by atoms with E-state index in [2.05, 4.69) is 33.8 Å². The topological polar surface area (TPSA) is 38.1 Å². The van der Waals surface area contributed by atoms with Crippen molar-refractivity contribution in [2.24, 2.45) is 11.3 Å². The average Bonchev–Trinajstić information content (AvgIpc) is 2.97. The van der Waals surface area contributed by atoms with E-state index in [1.165, 1.54) is 29.7 Å². The Hall–Kier alpha value is -1.61. The lowest BCUT2D eigenvalue weighted by molar-refractivity contribution is -0.0677. The van der Waals surface area contributed by atoms with E-state index in [0.717, 1.165) is 6.42 Å². The molecule has 3 nitrogen and oxygen atoms in total. The first-order valence-electron chi connectivity index (χ1n) is 7.09. The summed E-state index contributed by atoms with van der Waals surface area (Å²) >= 11 is 0. The van der Waals surface area contributed by atoms with E-state index in [-0.39, 0.29) is 6.10 Å². The van der Waals surface area contributed by atoms with Crippen LogP contribution in [0.25, 0.3) is 11.3 Å². The van der Waals surface area contributed by atoms with Crippen LogP contribution in [-0.4, -0.2) is 20.8 Å². The SMILES string of the molecule is O[C@@H]1CC2(CC2)[C@@H]1C1c2ccccc2-c2cncn21. The molecule has 2 fully saturated rings. The summed E-state index contributed by atoms with van der Waals surface area (Å²) in [5, 5.41) is 10.3. The van der Waals surface area contributed by atoms with Crippen molar-refractivity contribution in [1.29, 1.82) is 0 Å². The molecule has 0 amide bonds. The molecule has 0 radical (unpaired) electrons. The van der Waals surface area contributed by atoms with Gasteiger partial charge in [-0.25, -0.2) is 4.98 Å². The first-order chi connectivity index (χ1) is 9.30. The molecular formula is C16H16N2O. The zero-order valence-corrected chi connectivity index (χ0v) is 10.7. The van der Waals surface area contributed by atoms with Gasteiger partial charge in [-0.3, -0.25) is 0 Å². The lowest BCUT2D eigenvalue weighted by atomic mass is 9.63. The van der Waals surface area contributed by atoms with Crippen molar-refractivity contribution < 1.29 is 5.11 Å². The van der Waals surface area contributed by atoms with Gasteiger partial charge in [0.05, 0.1) is 30.4 Å². The third kappa shape index (κ3) is 1.11. The summed E-state index contributed by atoms with van der Waals surface area (Å²) in [5.74, 6) is 0.379. The molecule has 1 spiro atoms. The van der Waals surface area contributed by atoms with E-state index in [1.807, 2.05) is 12.5 Å². The van der Waals surface area contributed by atoms with Gasteiger partial charge in [-0.15, -0.1) is 0 Å². The Kier molecular flexibility index (Phi) is 1.67. The molecule has 1 aliphatic heterocycles. The number of fused-ring (bicyclic) bond motifs is 3. The van der Waals surface area contributed by atoms with E-state index in [9.17, 15) is 5.11 Å². The van der Waals surface area contributed by atoms with Crippen LogP contribution in [0.2, 0.25) is 0 Å². The lowest BCUT2D eigenvalue weighted by Gasteiger charge is -2.46. The molecule has 1 aromatic carbocycles. The van der Waals surface area contributed by atoms with Gasteiger partial charge < -0.3 is 9.67 Å². The van der Waals surface area contributed by atoms with E-state index in [4.69, 9.17) is 0 Å². The van der Waals surface area contributed by atoms with Crippen LogP contribution in [0.5, 0.6) is 0 Å². The molecule has 3 aliphatic rings. The highest BCUT2D eigenvalue weighted by Gasteiger charge is 2.64. The molecule has 1 aromatic heterocycles. The number of rotatable bonds is 1. The van der Waals surface area contributed by atoms with Crippen molar-refractivity contribution >= 4 is 0 Å². The Morgan fingerprint density at radius 3 is 2.89 bits per heavy atom. The second-order valence-corrected chi connectivity index (χ2v) is 6.38. The van der Waals surface area contributed by atoms with Crippen molar-refractivity contribution in [3.63, 3.8) is 0 Å². The first-order valence-corrected chi connectivity index (χ1v) is 7.09. The Morgan fingerprint density at radius 2 is 2.11 bits per heavy atom. The smallest absolute Gasteiger partial charge is 0.0956 e. The number of aliphatic hydroxyl groups is 1. The van der Waals surface area contributed by atoms with E-state index in [1.54, 1.807) is 0 Å². The van der Waals surface area contributed by atoms with Crippen LogP contribution in [0.4, 0.5) is 0 Å². The highest BCUT2D eigenvalue weighted by Crippen LogP contribution is 2.69. The second-order valence-electron chi connectivity index (χ2n) is 6.38. The molecule has 2 heterocycles. The number of benzene rings is 1. The van der Waals surface area contributed by atoms with Crippen LogP contribution in [0.15, 0.2) is 36.8 Å². The summed E-state index contributed by atoms with van der Waals surface area (Å²) in [4.78, 5) is 4.31. The molecule has 2 aliphatic carbocycles.